The molecular weight excluding hydrogens is 607 g/mol. The van der Waals surface area contributed by atoms with Crippen molar-refractivity contribution in [3.63, 3.8) is 0 Å². The van der Waals surface area contributed by atoms with Crippen LogP contribution in [0.25, 0.3) is 43.8 Å². The van der Waals surface area contributed by atoms with E-state index in [4.69, 9.17) is 4.42 Å². The van der Waals surface area contributed by atoms with Crippen molar-refractivity contribution in [2.75, 3.05) is 4.90 Å². The van der Waals surface area contributed by atoms with E-state index in [1.807, 2.05) is 6.07 Å². The minimum Gasteiger partial charge on any atom is -0.456 e. The summed E-state index contributed by atoms with van der Waals surface area (Å²) in [4.78, 5) is 2.37. The highest BCUT2D eigenvalue weighted by Gasteiger charge is 2.34. The van der Waals surface area contributed by atoms with E-state index >= 15 is 0 Å². The number of furan rings is 1. The molecule has 0 aliphatic heterocycles. The summed E-state index contributed by atoms with van der Waals surface area (Å²) < 4.78 is 6.38. The van der Waals surface area contributed by atoms with Crippen molar-refractivity contribution in [2.24, 2.45) is 0 Å². The Morgan fingerprint density at radius 3 is 1.76 bits per heavy atom. The van der Waals surface area contributed by atoms with E-state index in [1.165, 1.54) is 78.0 Å². The third kappa shape index (κ3) is 5.55. The van der Waals surface area contributed by atoms with Crippen LogP contribution in [0.4, 0.5) is 17.1 Å². The van der Waals surface area contributed by atoms with Gasteiger partial charge >= 0.3 is 0 Å². The molecule has 1 aliphatic carbocycles. The van der Waals surface area contributed by atoms with Crippen molar-refractivity contribution >= 4 is 49.8 Å². The molecule has 9 rings (SSSR count). The topological polar surface area (TPSA) is 16.4 Å². The summed E-state index contributed by atoms with van der Waals surface area (Å²) in [5.74, 6) is 0. The second-order valence-electron chi connectivity index (χ2n) is 14.0. The van der Waals surface area contributed by atoms with Gasteiger partial charge in [0.2, 0.25) is 0 Å². The average Bonchev–Trinajstić information content (AvgIpc) is 3.54. The molecule has 0 bridgehead atoms. The molecule has 50 heavy (non-hydrogen) atoms. The quantitative estimate of drug-likeness (QED) is 0.179. The van der Waals surface area contributed by atoms with E-state index in [2.05, 4.69) is 163 Å². The predicted octanol–water partition coefficient (Wildman–Crippen LogP) is 13.9. The van der Waals surface area contributed by atoms with Gasteiger partial charge in [-0.1, -0.05) is 141 Å². The average molecular weight is 648 g/mol. The maximum atomic E-state index is 6.38. The van der Waals surface area contributed by atoms with Gasteiger partial charge in [0.25, 0.3) is 0 Å². The van der Waals surface area contributed by atoms with Crippen LogP contribution in [0, 0.1) is 0 Å². The van der Waals surface area contributed by atoms with Crippen LogP contribution >= 0.6 is 0 Å². The van der Waals surface area contributed by atoms with Gasteiger partial charge in [-0.2, -0.15) is 0 Å². The third-order valence-corrected chi connectivity index (χ3v) is 11.0. The molecule has 0 N–H and O–H groups in total. The zero-order chi connectivity index (χ0) is 33.3. The molecule has 2 nitrogen and oxygen atoms in total. The molecular formula is C48H41NO. The summed E-state index contributed by atoms with van der Waals surface area (Å²) in [7, 11) is 0. The van der Waals surface area contributed by atoms with Crippen molar-refractivity contribution < 1.29 is 4.42 Å². The van der Waals surface area contributed by atoms with Crippen LogP contribution in [0.2, 0.25) is 0 Å². The largest absolute Gasteiger partial charge is 0.456 e. The van der Waals surface area contributed by atoms with Gasteiger partial charge in [-0.15, -0.1) is 0 Å². The molecule has 1 aromatic heterocycles. The standard InChI is InChI=1S/C48H41NO/c1-2-11-31-48(32-12-3-1,39-15-5-4-6-16-39)40-23-27-42(28-24-40)49(43-29-30-45-44-17-9-10-18-46(44)50-47(45)34-43)41-25-21-36(22-26-41)38-20-19-35-13-7-8-14-37(35)33-38/h4-10,13-30,33-34H,1-3,11-12,31-32H2. The third-order valence-electron chi connectivity index (χ3n) is 11.0. The SMILES string of the molecule is c1ccc(C2(c3ccc(N(c4ccc(-c5ccc6ccccc6c5)cc4)c4ccc5c(c4)oc4ccccc45)cc3)CCCCCCC2)cc1. The smallest absolute Gasteiger partial charge is 0.137 e. The molecule has 244 valence electrons. The lowest BCUT2D eigenvalue weighted by Crippen LogP contribution is -2.29. The second kappa shape index (κ2) is 13.0. The fraction of sp³-hybridized carbons (Fsp3) is 0.167. The molecule has 2 heteroatoms. The molecule has 0 spiro atoms. The molecule has 8 aromatic rings. The Morgan fingerprint density at radius 2 is 0.980 bits per heavy atom. The highest BCUT2D eigenvalue weighted by Crippen LogP contribution is 2.45. The lowest BCUT2D eigenvalue weighted by molar-refractivity contribution is 0.366. The van der Waals surface area contributed by atoms with E-state index in [0.717, 1.165) is 39.0 Å². The molecule has 0 atom stereocenters. The van der Waals surface area contributed by atoms with Gasteiger partial charge in [0.15, 0.2) is 0 Å². The number of fused-ring (bicyclic) bond motifs is 4. The Kier molecular flexibility index (Phi) is 7.93. The van der Waals surface area contributed by atoms with Crippen LogP contribution in [-0.2, 0) is 5.41 Å². The number of hydrogen-bond donors (Lipinski definition) is 0. The summed E-state index contributed by atoms with van der Waals surface area (Å²) >= 11 is 0. The van der Waals surface area contributed by atoms with Crippen molar-refractivity contribution in [3.05, 3.63) is 175 Å². The van der Waals surface area contributed by atoms with Gasteiger partial charge in [-0.25, -0.2) is 0 Å². The van der Waals surface area contributed by atoms with Gasteiger partial charge in [0.05, 0.1) is 0 Å². The number of para-hydroxylation sites is 1. The Balaban J connectivity index is 1.14. The minimum atomic E-state index is 0.0414. The molecule has 1 fully saturated rings. The van der Waals surface area contributed by atoms with Crippen LogP contribution < -0.4 is 4.90 Å². The zero-order valence-electron chi connectivity index (χ0n) is 28.4. The van der Waals surface area contributed by atoms with E-state index in [0.29, 0.717) is 0 Å². The summed E-state index contributed by atoms with van der Waals surface area (Å²) in [6.45, 7) is 0. The Hall–Kier alpha value is -5.60. The number of benzene rings is 7. The molecule has 0 amide bonds. The van der Waals surface area contributed by atoms with E-state index in [-0.39, 0.29) is 5.41 Å². The lowest BCUT2D eigenvalue weighted by atomic mass is 9.67. The van der Waals surface area contributed by atoms with Crippen molar-refractivity contribution in [1.29, 1.82) is 0 Å². The first-order valence-electron chi connectivity index (χ1n) is 18.2. The van der Waals surface area contributed by atoms with Crippen LogP contribution in [0.15, 0.2) is 168 Å². The van der Waals surface area contributed by atoms with E-state index in [1.54, 1.807) is 0 Å². The summed E-state index contributed by atoms with van der Waals surface area (Å²) in [5.41, 5.74) is 10.5. The van der Waals surface area contributed by atoms with Crippen LogP contribution in [0.5, 0.6) is 0 Å². The lowest BCUT2D eigenvalue weighted by Gasteiger charge is -2.37. The molecule has 0 unspecified atom stereocenters. The summed E-state index contributed by atoms with van der Waals surface area (Å²) in [6.07, 6.45) is 8.92. The van der Waals surface area contributed by atoms with Crippen LogP contribution in [0.3, 0.4) is 0 Å². The first-order chi connectivity index (χ1) is 24.7. The maximum absolute atomic E-state index is 6.38. The fourth-order valence-electron chi connectivity index (χ4n) is 8.41. The number of nitrogens with zero attached hydrogens (tertiary/aromatic N) is 1. The van der Waals surface area contributed by atoms with Crippen LogP contribution in [-0.4, -0.2) is 0 Å². The minimum absolute atomic E-state index is 0.0414. The Morgan fingerprint density at radius 1 is 0.400 bits per heavy atom. The van der Waals surface area contributed by atoms with E-state index < -0.39 is 0 Å². The molecule has 0 radical (unpaired) electrons. The predicted molar refractivity (Wildman–Crippen MR) is 211 cm³/mol. The van der Waals surface area contributed by atoms with Gasteiger partial charge in [-0.05, 0) is 94.4 Å². The van der Waals surface area contributed by atoms with Crippen molar-refractivity contribution in [2.45, 2.75) is 50.4 Å². The maximum Gasteiger partial charge on any atom is 0.137 e. The van der Waals surface area contributed by atoms with Crippen molar-refractivity contribution in [1.82, 2.24) is 0 Å². The van der Waals surface area contributed by atoms with Crippen molar-refractivity contribution in [3.8, 4) is 11.1 Å². The highest BCUT2D eigenvalue weighted by atomic mass is 16.3. The fourth-order valence-corrected chi connectivity index (χ4v) is 8.41. The number of rotatable bonds is 6. The van der Waals surface area contributed by atoms with E-state index in [9.17, 15) is 0 Å². The summed E-state index contributed by atoms with van der Waals surface area (Å²) in [5, 5.41) is 4.81. The highest BCUT2D eigenvalue weighted by molar-refractivity contribution is 6.06. The number of anilines is 3. The molecule has 1 aliphatic rings. The van der Waals surface area contributed by atoms with Gasteiger partial charge in [0.1, 0.15) is 11.2 Å². The molecule has 7 aromatic carbocycles. The molecule has 1 heterocycles. The summed E-state index contributed by atoms with van der Waals surface area (Å²) in [6, 6.07) is 60.0. The Bertz CT molecular complexity index is 2390. The number of hydrogen-bond acceptors (Lipinski definition) is 2. The van der Waals surface area contributed by atoms with Gasteiger partial charge < -0.3 is 9.32 Å². The van der Waals surface area contributed by atoms with Crippen LogP contribution in [0.1, 0.15) is 56.1 Å². The first-order valence-corrected chi connectivity index (χ1v) is 18.2. The van der Waals surface area contributed by atoms with Gasteiger partial charge in [0, 0.05) is 39.3 Å². The molecule has 1 saturated carbocycles. The first kappa shape index (κ1) is 30.5. The Labute approximate surface area is 294 Å². The monoisotopic (exact) mass is 647 g/mol. The second-order valence-corrected chi connectivity index (χ2v) is 14.0. The zero-order valence-corrected chi connectivity index (χ0v) is 28.4. The molecule has 0 saturated heterocycles. The van der Waals surface area contributed by atoms with Gasteiger partial charge in [-0.3, -0.25) is 0 Å². The normalized spacial score (nSPS) is 14.8.